The highest BCUT2D eigenvalue weighted by molar-refractivity contribution is 7.64. The molecule has 0 aliphatic rings. The smallest absolute Gasteiger partial charge is 0.418 e. The first-order valence-corrected chi connectivity index (χ1v) is 13.1. The fourth-order valence-electron chi connectivity index (χ4n) is 2.37. The van der Waals surface area contributed by atoms with Gasteiger partial charge in [-0.15, -0.1) is 14.0 Å². The highest BCUT2D eigenvalue weighted by Gasteiger charge is 2.52. The van der Waals surface area contributed by atoms with Gasteiger partial charge in [-0.2, -0.15) is 15.4 Å². The molecule has 2 rings (SSSR count). The minimum Gasteiger partial charge on any atom is -0.418 e. The predicted molar refractivity (Wildman–Crippen MR) is 144 cm³/mol. The van der Waals surface area contributed by atoms with E-state index >= 15 is 0 Å². The van der Waals surface area contributed by atoms with Crippen LogP contribution in [0.15, 0.2) is 18.2 Å². The number of halogens is 24. The summed E-state index contributed by atoms with van der Waals surface area (Å²) < 4.78 is 247. The maximum Gasteiger partial charge on any atom is 0.673 e. The molecular weight excluding hydrogens is 796 g/mol. The summed E-state index contributed by atoms with van der Waals surface area (Å²) in [7, 11) is -25.9. The number of fused-ring (bicyclic) bond motifs is 1. The number of benzene rings is 1. The Hall–Kier alpha value is -2.56. The largest absolute Gasteiger partial charge is 0.673 e. The molecule has 0 spiro atoms. The molecule has 0 amide bonds. The van der Waals surface area contributed by atoms with Crippen LogP contribution in [-0.4, -0.2) is 115 Å². The first kappa shape index (κ1) is 56.8. The van der Waals surface area contributed by atoms with Gasteiger partial charge >= 0.3 is 51.5 Å². The molecule has 7 nitrogen and oxygen atoms in total. The van der Waals surface area contributed by atoms with Crippen molar-refractivity contribution in [2.75, 3.05) is 42.3 Å². The van der Waals surface area contributed by atoms with Crippen LogP contribution < -0.4 is 4.52 Å². The lowest BCUT2D eigenvalue weighted by atomic mass is 10.3. The SMILES string of the molecule is CN(C)[P+](Oc1cccc2n[nH]nc12)(N(C)C)N(C)C.F[B-](F)(F)F.F[B-](F)(F)F.F[B-](F)(F)F.F[B-](F)(F)F.F[B-](F)(F)F.F[B-](F)(F)F. The number of H-pyrrole nitrogens is 1. The number of nitrogens with zero attached hydrogens (tertiary/aromatic N) is 5. The average Bonchev–Trinajstić information content (AvgIpc) is 3.19. The molecule has 38 heteroatoms. The fourth-order valence-corrected chi connectivity index (χ4v) is 5.41. The van der Waals surface area contributed by atoms with E-state index < -0.39 is 51.5 Å². The molecule has 0 bridgehead atoms. The molecule has 0 saturated heterocycles. The lowest BCUT2D eigenvalue weighted by molar-refractivity contribution is 0.352. The summed E-state index contributed by atoms with van der Waals surface area (Å²) in [6.07, 6.45) is 0. The van der Waals surface area contributed by atoms with Crippen molar-refractivity contribution < 1.29 is 108 Å². The number of nitrogens with one attached hydrogen (secondary N) is 1. The van der Waals surface area contributed by atoms with Crippen molar-refractivity contribution in [3.63, 3.8) is 0 Å². The molecule has 0 aliphatic carbocycles. The van der Waals surface area contributed by atoms with E-state index in [0.29, 0.717) is 0 Å². The van der Waals surface area contributed by atoms with E-state index in [9.17, 15) is 104 Å². The van der Waals surface area contributed by atoms with Gasteiger partial charge in [0, 0.05) is 42.3 Å². The second-order valence-electron chi connectivity index (χ2n) is 8.06. The summed E-state index contributed by atoms with van der Waals surface area (Å²) in [5.41, 5.74) is 1.55. The third-order valence-corrected chi connectivity index (χ3v) is 6.66. The zero-order valence-corrected chi connectivity index (χ0v) is 26.3. The van der Waals surface area contributed by atoms with Gasteiger partial charge in [0.05, 0.1) is 0 Å². The van der Waals surface area contributed by atoms with Crippen LogP contribution in [0.4, 0.5) is 104 Å². The van der Waals surface area contributed by atoms with Crippen LogP contribution in [0.1, 0.15) is 0 Å². The minimum atomic E-state index is -6.00. The van der Waals surface area contributed by atoms with E-state index in [4.69, 9.17) is 4.52 Å². The van der Waals surface area contributed by atoms with Crippen molar-refractivity contribution in [3.05, 3.63) is 18.2 Å². The van der Waals surface area contributed by atoms with E-state index in [-0.39, 0.29) is 0 Å². The minimum absolute atomic E-state index is 0.737. The fraction of sp³-hybridized carbons (Fsp3) is 0.500. The number of hydrogen-bond donors (Lipinski definition) is 1. The summed E-state index contributed by atoms with van der Waals surface area (Å²) in [4.78, 5) is 0. The second kappa shape index (κ2) is 23.1. The molecule has 0 fully saturated rings. The van der Waals surface area contributed by atoms with Crippen molar-refractivity contribution in [1.82, 2.24) is 29.4 Å². The molecule has 0 atom stereocenters. The Morgan fingerprint density at radius 3 is 0.920 bits per heavy atom. The van der Waals surface area contributed by atoms with Gasteiger partial charge in [-0.25, -0.2) is 0 Å². The predicted octanol–water partition coefficient (Wildman–Crippen LogP) is 9.50. The summed E-state index contributed by atoms with van der Waals surface area (Å²) in [6.45, 7) is 0. The van der Waals surface area contributed by atoms with Gasteiger partial charge in [0.2, 0.25) is 5.75 Å². The van der Waals surface area contributed by atoms with E-state index in [1.165, 1.54) is 0 Å². The van der Waals surface area contributed by atoms with Crippen molar-refractivity contribution in [2.45, 2.75) is 0 Å². The molecule has 1 N–H and O–H groups in total. The summed E-state index contributed by atoms with van der Waals surface area (Å²) in [6, 6.07) is 5.76. The van der Waals surface area contributed by atoms with Crippen molar-refractivity contribution in [1.29, 1.82) is 0 Å². The molecular formula is C12H22B6F24N6OP-5. The number of aromatic amines is 1. The lowest BCUT2D eigenvalue weighted by Crippen LogP contribution is -2.39. The van der Waals surface area contributed by atoms with Gasteiger partial charge in [0.15, 0.2) is 5.52 Å². The molecule has 302 valence electrons. The third-order valence-electron chi connectivity index (χ3n) is 3.09. The first-order chi connectivity index (χ1) is 21.4. The van der Waals surface area contributed by atoms with Crippen molar-refractivity contribution >= 4 is 62.5 Å². The third kappa shape index (κ3) is 54.9. The molecule has 1 heterocycles. The Morgan fingerprint density at radius 1 is 0.460 bits per heavy atom. The Labute approximate surface area is 267 Å². The zero-order valence-electron chi connectivity index (χ0n) is 25.4. The normalized spacial score (nSPS) is 12.3. The highest BCUT2D eigenvalue weighted by Crippen LogP contribution is 2.64. The number of rotatable bonds is 5. The van der Waals surface area contributed by atoms with Gasteiger partial charge in [0.1, 0.15) is 5.52 Å². The van der Waals surface area contributed by atoms with Gasteiger partial charge in [-0.1, -0.05) is 6.07 Å². The maximum absolute atomic E-state index is 9.75. The topological polar surface area (TPSA) is 60.5 Å². The van der Waals surface area contributed by atoms with Crippen LogP contribution >= 0.6 is 7.94 Å². The maximum atomic E-state index is 9.75. The number of hydrogen-bond acceptors (Lipinski definition) is 6. The van der Waals surface area contributed by atoms with Crippen LogP contribution in [0.2, 0.25) is 0 Å². The molecule has 0 aliphatic heterocycles. The lowest BCUT2D eigenvalue weighted by Gasteiger charge is -2.36. The molecule has 2 aromatic rings. The standard InChI is InChI=1S/C12H22N6OP.6BF4/c1-16(2)20(17(3)4,18(5)6)19-11-9-7-8-10-12(11)14-15-13-10;6*2-1(3,4)5/h7-9H,1-6H3,(H,13,14,15);;;;;;/q+1;6*-1. The molecule has 0 radical (unpaired) electrons. The molecule has 50 heavy (non-hydrogen) atoms. The van der Waals surface area contributed by atoms with E-state index in [0.717, 1.165) is 16.8 Å². The van der Waals surface area contributed by atoms with Crippen LogP contribution in [-0.2, 0) is 0 Å². The van der Waals surface area contributed by atoms with Gasteiger partial charge in [0.25, 0.3) is 0 Å². The van der Waals surface area contributed by atoms with E-state index in [1.54, 1.807) is 0 Å². The highest BCUT2D eigenvalue weighted by atomic mass is 31.2. The van der Waals surface area contributed by atoms with Crippen LogP contribution in [0.5, 0.6) is 5.75 Å². The Kier molecular flexibility index (Phi) is 26.2. The monoisotopic (exact) mass is 819 g/mol. The van der Waals surface area contributed by atoms with Crippen molar-refractivity contribution in [3.8, 4) is 5.75 Å². The zero-order chi connectivity index (χ0) is 41.9. The molecule has 0 saturated carbocycles. The van der Waals surface area contributed by atoms with Gasteiger partial charge in [-0.05, 0) is 12.1 Å². The number of aromatic nitrogens is 3. The quantitative estimate of drug-likeness (QED) is 0.185. The molecule has 1 aromatic heterocycles. The van der Waals surface area contributed by atoms with Crippen molar-refractivity contribution in [2.24, 2.45) is 0 Å². The number of para-hydroxylation sites is 1. The average molecular weight is 818 g/mol. The Bertz CT molecular complexity index is 988. The van der Waals surface area contributed by atoms with Gasteiger partial charge in [-0.3, -0.25) is 4.52 Å². The molecule has 1 aromatic carbocycles. The summed E-state index contributed by atoms with van der Waals surface area (Å²) >= 11 is 0. The Balaban J connectivity index is -0.000000185. The van der Waals surface area contributed by atoms with Gasteiger partial charge < -0.3 is 104 Å². The van der Waals surface area contributed by atoms with E-state index in [1.807, 2.05) is 60.5 Å². The van der Waals surface area contributed by atoms with E-state index in [2.05, 4.69) is 29.4 Å². The van der Waals surface area contributed by atoms with Crippen LogP contribution in [0, 0.1) is 0 Å². The summed E-state index contributed by atoms with van der Waals surface area (Å²) in [5, 5.41) is 10.9. The van der Waals surface area contributed by atoms with Crippen LogP contribution in [0.3, 0.4) is 0 Å². The first-order valence-electron chi connectivity index (χ1n) is 11.5. The van der Waals surface area contributed by atoms with Crippen LogP contribution in [0.25, 0.3) is 11.0 Å². The molecule has 0 unspecified atom stereocenters. The second-order valence-corrected chi connectivity index (χ2v) is 11.7. The summed E-state index contributed by atoms with van der Waals surface area (Å²) in [5.74, 6) is 0.737. The Morgan fingerprint density at radius 2 is 0.700 bits per heavy atom.